The highest BCUT2D eigenvalue weighted by molar-refractivity contribution is 6.30. The van der Waals surface area contributed by atoms with Gasteiger partial charge in [0.25, 0.3) is 0 Å². The molecule has 106 valence electrons. The molecule has 5 heteroatoms. The molecular weight excluding hydrogens is 287 g/mol. The average molecular weight is 305 g/mol. The van der Waals surface area contributed by atoms with Gasteiger partial charge < -0.3 is 14.2 Å². The molecular formula is C14H18Cl2O3. The number of hydrogen-bond acceptors (Lipinski definition) is 3. The Bertz CT molecular complexity index is 425. The van der Waals surface area contributed by atoms with Crippen molar-refractivity contribution in [3.63, 3.8) is 0 Å². The summed E-state index contributed by atoms with van der Waals surface area (Å²) in [6.45, 7) is 3.07. The second-order valence-electron chi connectivity index (χ2n) is 4.65. The maximum Gasteiger partial charge on any atom is 0.128 e. The number of rotatable bonds is 6. The molecule has 1 aromatic carbocycles. The van der Waals surface area contributed by atoms with E-state index in [2.05, 4.69) is 0 Å². The molecule has 0 aliphatic heterocycles. The average Bonchev–Trinajstić information content (AvgIpc) is 2.38. The smallest absolute Gasteiger partial charge is 0.128 e. The number of aryl methyl sites for hydroxylation is 1. The van der Waals surface area contributed by atoms with E-state index in [0.29, 0.717) is 18.2 Å². The minimum Gasteiger partial charge on any atom is -0.487 e. The highest BCUT2D eigenvalue weighted by Crippen LogP contribution is 2.34. The van der Waals surface area contributed by atoms with Gasteiger partial charge in [-0.25, -0.2) is 0 Å². The van der Waals surface area contributed by atoms with Crippen molar-refractivity contribution in [2.45, 2.75) is 30.9 Å². The number of halogens is 2. The Morgan fingerprint density at radius 1 is 1.32 bits per heavy atom. The van der Waals surface area contributed by atoms with Gasteiger partial charge in [-0.05, 0) is 24.6 Å². The maximum atomic E-state index is 6.15. The molecule has 0 saturated heterocycles. The molecule has 3 unspecified atom stereocenters. The molecule has 3 nitrogen and oxygen atoms in total. The van der Waals surface area contributed by atoms with E-state index in [1.807, 2.05) is 25.1 Å². The van der Waals surface area contributed by atoms with Crippen LogP contribution in [-0.4, -0.2) is 37.9 Å². The highest BCUT2D eigenvalue weighted by atomic mass is 35.5. The van der Waals surface area contributed by atoms with Crippen LogP contribution in [0.5, 0.6) is 5.75 Å². The Morgan fingerprint density at radius 3 is 2.79 bits per heavy atom. The maximum absolute atomic E-state index is 6.15. The van der Waals surface area contributed by atoms with Crippen LogP contribution in [0.15, 0.2) is 18.2 Å². The standard InChI is InChI=1S/C14H18Cl2O3/c1-9-3-4-10(15)7-12(9)19-13-8-11(16)14(13)18-6-5-17-2/h3-4,7,11,13-14H,5-6,8H2,1-2H3. The first kappa shape index (κ1) is 14.9. The molecule has 1 aromatic rings. The van der Waals surface area contributed by atoms with Crippen LogP contribution in [0.3, 0.4) is 0 Å². The first-order valence-corrected chi connectivity index (χ1v) is 7.10. The molecule has 1 fully saturated rings. The largest absolute Gasteiger partial charge is 0.487 e. The second kappa shape index (κ2) is 6.80. The van der Waals surface area contributed by atoms with E-state index in [1.165, 1.54) is 0 Å². The molecule has 0 bridgehead atoms. The zero-order valence-electron chi connectivity index (χ0n) is 11.1. The van der Waals surface area contributed by atoms with Crippen molar-refractivity contribution in [3.05, 3.63) is 28.8 Å². The third-order valence-electron chi connectivity index (χ3n) is 3.21. The number of methoxy groups -OCH3 is 1. The van der Waals surface area contributed by atoms with Crippen LogP contribution in [0.4, 0.5) is 0 Å². The van der Waals surface area contributed by atoms with Crippen molar-refractivity contribution >= 4 is 23.2 Å². The fourth-order valence-electron chi connectivity index (χ4n) is 1.99. The summed E-state index contributed by atoms with van der Waals surface area (Å²) in [6.07, 6.45) is 0.678. The molecule has 1 aliphatic carbocycles. The summed E-state index contributed by atoms with van der Waals surface area (Å²) in [6, 6.07) is 5.61. The molecule has 0 spiro atoms. The molecule has 1 aliphatic rings. The van der Waals surface area contributed by atoms with Crippen LogP contribution in [0, 0.1) is 6.92 Å². The Labute approximate surface area is 123 Å². The lowest BCUT2D eigenvalue weighted by Crippen LogP contribution is -2.53. The van der Waals surface area contributed by atoms with Gasteiger partial charge in [-0.2, -0.15) is 0 Å². The van der Waals surface area contributed by atoms with Crippen LogP contribution < -0.4 is 4.74 Å². The summed E-state index contributed by atoms with van der Waals surface area (Å²) in [5.74, 6) is 0.793. The van der Waals surface area contributed by atoms with Crippen LogP contribution in [-0.2, 0) is 9.47 Å². The van der Waals surface area contributed by atoms with E-state index in [4.69, 9.17) is 37.4 Å². The fraction of sp³-hybridized carbons (Fsp3) is 0.571. The van der Waals surface area contributed by atoms with Crippen molar-refractivity contribution in [1.29, 1.82) is 0 Å². The third-order valence-corrected chi connectivity index (χ3v) is 3.87. The van der Waals surface area contributed by atoms with Crippen LogP contribution in [0.1, 0.15) is 12.0 Å². The van der Waals surface area contributed by atoms with Crippen LogP contribution in [0.25, 0.3) is 0 Å². The number of hydrogen-bond donors (Lipinski definition) is 0. The van der Waals surface area contributed by atoms with Gasteiger partial charge in [0.2, 0.25) is 0 Å². The SMILES string of the molecule is COCCOC1C(Cl)CC1Oc1cc(Cl)ccc1C. The predicted molar refractivity (Wildman–Crippen MR) is 76.5 cm³/mol. The van der Waals surface area contributed by atoms with E-state index in [0.717, 1.165) is 17.7 Å². The molecule has 2 rings (SSSR count). The lowest BCUT2D eigenvalue weighted by molar-refractivity contribution is -0.0899. The minimum absolute atomic E-state index is 0.00125. The Kier molecular flexibility index (Phi) is 5.34. The second-order valence-corrected chi connectivity index (χ2v) is 5.64. The van der Waals surface area contributed by atoms with Crippen molar-refractivity contribution in [2.75, 3.05) is 20.3 Å². The number of alkyl halides is 1. The van der Waals surface area contributed by atoms with Gasteiger partial charge >= 0.3 is 0 Å². The topological polar surface area (TPSA) is 27.7 Å². The van der Waals surface area contributed by atoms with Crippen molar-refractivity contribution in [3.8, 4) is 5.75 Å². The van der Waals surface area contributed by atoms with E-state index in [1.54, 1.807) is 7.11 Å². The summed E-state index contributed by atoms with van der Waals surface area (Å²) in [5.41, 5.74) is 1.05. The molecule has 0 N–H and O–H groups in total. The predicted octanol–water partition coefficient (Wildman–Crippen LogP) is 3.44. The third kappa shape index (κ3) is 3.76. The van der Waals surface area contributed by atoms with E-state index >= 15 is 0 Å². The Morgan fingerprint density at radius 2 is 2.11 bits per heavy atom. The number of benzene rings is 1. The van der Waals surface area contributed by atoms with E-state index < -0.39 is 0 Å². The quantitative estimate of drug-likeness (QED) is 0.595. The lowest BCUT2D eigenvalue weighted by Gasteiger charge is -2.40. The first-order valence-electron chi connectivity index (χ1n) is 6.29. The summed E-state index contributed by atoms with van der Waals surface area (Å²) in [4.78, 5) is 0. The lowest BCUT2D eigenvalue weighted by atomic mass is 9.91. The molecule has 1 saturated carbocycles. The van der Waals surface area contributed by atoms with Crippen molar-refractivity contribution in [2.24, 2.45) is 0 Å². The summed E-state index contributed by atoms with van der Waals surface area (Å²) in [5, 5.41) is 0.667. The van der Waals surface area contributed by atoms with Gasteiger partial charge in [0.15, 0.2) is 0 Å². The molecule has 3 atom stereocenters. The molecule has 0 aromatic heterocycles. The summed E-state index contributed by atoms with van der Waals surface area (Å²) in [7, 11) is 1.64. The molecule has 0 radical (unpaired) electrons. The zero-order chi connectivity index (χ0) is 13.8. The molecule has 19 heavy (non-hydrogen) atoms. The van der Waals surface area contributed by atoms with Crippen LogP contribution >= 0.6 is 23.2 Å². The molecule has 0 heterocycles. The van der Waals surface area contributed by atoms with Gasteiger partial charge in [-0.15, -0.1) is 11.6 Å². The molecule has 0 amide bonds. The first-order chi connectivity index (χ1) is 9.11. The minimum atomic E-state index is -0.0878. The number of ether oxygens (including phenoxy) is 3. The fourth-order valence-corrected chi connectivity index (χ4v) is 2.56. The zero-order valence-corrected chi connectivity index (χ0v) is 12.6. The Hall–Kier alpha value is -0.480. The normalized spacial score (nSPS) is 26.0. The van der Waals surface area contributed by atoms with Gasteiger partial charge in [-0.3, -0.25) is 0 Å². The van der Waals surface area contributed by atoms with Gasteiger partial charge in [0, 0.05) is 18.6 Å². The summed E-state index contributed by atoms with van der Waals surface area (Å²) >= 11 is 12.1. The Balaban J connectivity index is 1.93. The van der Waals surface area contributed by atoms with Crippen LogP contribution in [0.2, 0.25) is 5.02 Å². The van der Waals surface area contributed by atoms with Gasteiger partial charge in [-0.1, -0.05) is 17.7 Å². The van der Waals surface area contributed by atoms with E-state index in [-0.39, 0.29) is 17.6 Å². The van der Waals surface area contributed by atoms with E-state index in [9.17, 15) is 0 Å². The van der Waals surface area contributed by atoms with Gasteiger partial charge in [0.1, 0.15) is 18.0 Å². The highest BCUT2D eigenvalue weighted by Gasteiger charge is 2.43. The van der Waals surface area contributed by atoms with Crippen molar-refractivity contribution < 1.29 is 14.2 Å². The summed E-state index contributed by atoms with van der Waals surface area (Å²) < 4.78 is 16.6. The monoisotopic (exact) mass is 304 g/mol. The van der Waals surface area contributed by atoms with Crippen molar-refractivity contribution in [1.82, 2.24) is 0 Å². The van der Waals surface area contributed by atoms with Gasteiger partial charge in [0.05, 0.1) is 18.6 Å².